The Bertz CT molecular complexity index is 519. The van der Waals surface area contributed by atoms with Crippen LogP contribution in [-0.4, -0.2) is 10.5 Å². The van der Waals surface area contributed by atoms with Gasteiger partial charge >= 0.3 is 0 Å². The maximum atomic E-state index is 10.7. The standard InChI is InChI=1S/C14H18N2O2/c1-4-5-6-16-10(2)7-12(11(16)3)8-13(9-15)14(17)18/h7-8H,4-6H2,1-3H3,(H,17,18)/p-1/b13-8-. The van der Waals surface area contributed by atoms with E-state index >= 15 is 0 Å². The topological polar surface area (TPSA) is 68.8 Å². The number of aliphatic carboxylic acids is 1. The third-order valence-corrected chi connectivity index (χ3v) is 2.99. The number of nitriles is 1. The molecule has 0 fully saturated rings. The summed E-state index contributed by atoms with van der Waals surface area (Å²) in [6, 6.07) is 3.53. The van der Waals surface area contributed by atoms with Gasteiger partial charge in [-0.3, -0.25) is 0 Å². The molecule has 18 heavy (non-hydrogen) atoms. The molecule has 0 spiro atoms. The van der Waals surface area contributed by atoms with Gasteiger partial charge in [-0.05, 0) is 38.0 Å². The first-order chi connectivity index (χ1) is 8.51. The Morgan fingerprint density at radius 1 is 1.56 bits per heavy atom. The molecule has 1 aromatic rings. The summed E-state index contributed by atoms with van der Waals surface area (Å²) in [6.07, 6.45) is 3.55. The first kappa shape index (κ1) is 14.0. The van der Waals surface area contributed by atoms with Crippen LogP contribution in [0.25, 0.3) is 6.08 Å². The SMILES string of the molecule is CCCCn1c(C)cc(/C=C(/C#N)C(=O)[O-])c1C. The van der Waals surface area contributed by atoms with E-state index in [2.05, 4.69) is 11.5 Å². The van der Waals surface area contributed by atoms with Gasteiger partial charge in [0.05, 0.1) is 11.5 Å². The molecule has 0 aliphatic carbocycles. The van der Waals surface area contributed by atoms with Crippen LogP contribution in [0.5, 0.6) is 0 Å². The van der Waals surface area contributed by atoms with Crippen molar-refractivity contribution in [3.8, 4) is 6.07 Å². The zero-order valence-electron chi connectivity index (χ0n) is 11.0. The van der Waals surface area contributed by atoms with Crippen LogP contribution in [0.15, 0.2) is 11.6 Å². The van der Waals surface area contributed by atoms with Gasteiger partial charge in [0.25, 0.3) is 0 Å². The number of aryl methyl sites for hydroxylation is 1. The number of carboxylic acid groups (broad SMARTS) is 1. The third kappa shape index (κ3) is 3.01. The van der Waals surface area contributed by atoms with Crippen LogP contribution in [-0.2, 0) is 11.3 Å². The zero-order valence-corrected chi connectivity index (χ0v) is 11.0. The van der Waals surface area contributed by atoms with Gasteiger partial charge in [-0.25, -0.2) is 0 Å². The molecule has 0 N–H and O–H groups in total. The molecule has 4 nitrogen and oxygen atoms in total. The van der Waals surface area contributed by atoms with E-state index in [4.69, 9.17) is 5.26 Å². The predicted molar refractivity (Wildman–Crippen MR) is 67.4 cm³/mol. The van der Waals surface area contributed by atoms with Crippen molar-refractivity contribution in [1.29, 1.82) is 5.26 Å². The lowest BCUT2D eigenvalue weighted by atomic mass is 10.1. The quantitative estimate of drug-likeness (QED) is 0.584. The van der Waals surface area contributed by atoms with Crippen molar-refractivity contribution in [2.75, 3.05) is 0 Å². The molecule has 0 radical (unpaired) electrons. The second kappa shape index (κ2) is 6.06. The Hall–Kier alpha value is -2.02. The van der Waals surface area contributed by atoms with Gasteiger partial charge < -0.3 is 14.5 Å². The highest BCUT2D eigenvalue weighted by molar-refractivity contribution is 5.95. The number of carboxylic acids is 1. The van der Waals surface area contributed by atoms with Crippen LogP contribution in [0.4, 0.5) is 0 Å². The van der Waals surface area contributed by atoms with E-state index in [-0.39, 0.29) is 5.57 Å². The van der Waals surface area contributed by atoms with Crippen LogP contribution >= 0.6 is 0 Å². The average molecular weight is 245 g/mol. The lowest BCUT2D eigenvalue weighted by Gasteiger charge is -2.08. The number of hydrogen-bond donors (Lipinski definition) is 0. The van der Waals surface area contributed by atoms with E-state index in [9.17, 15) is 9.90 Å². The summed E-state index contributed by atoms with van der Waals surface area (Å²) in [5.41, 5.74) is 2.48. The molecule has 1 rings (SSSR count). The van der Waals surface area contributed by atoms with Gasteiger partial charge in [-0.15, -0.1) is 0 Å². The maximum Gasteiger partial charge on any atom is 0.101 e. The third-order valence-electron chi connectivity index (χ3n) is 2.99. The highest BCUT2D eigenvalue weighted by Crippen LogP contribution is 2.18. The summed E-state index contributed by atoms with van der Waals surface area (Å²) in [4.78, 5) is 10.7. The van der Waals surface area contributed by atoms with Crippen molar-refractivity contribution in [3.63, 3.8) is 0 Å². The molecule has 0 saturated heterocycles. The molecule has 1 aromatic heterocycles. The monoisotopic (exact) mass is 245 g/mol. The molecule has 0 aliphatic rings. The number of carbonyl (C=O) groups excluding carboxylic acids is 1. The molecule has 0 aliphatic heterocycles. The first-order valence-electron chi connectivity index (χ1n) is 6.01. The number of carbonyl (C=O) groups is 1. The first-order valence-corrected chi connectivity index (χ1v) is 6.01. The van der Waals surface area contributed by atoms with Crippen LogP contribution in [0.1, 0.15) is 36.7 Å². The minimum atomic E-state index is -1.43. The zero-order chi connectivity index (χ0) is 13.7. The van der Waals surface area contributed by atoms with Crippen molar-refractivity contribution in [1.82, 2.24) is 4.57 Å². The van der Waals surface area contributed by atoms with Crippen molar-refractivity contribution < 1.29 is 9.90 Å². The molecular weight excluding hydrogens is 228 g/mol. The van der Waals surface area contributed by atoms with Gasteiger partial charge in [-0.2, -0.15) is 5.26 Å². The van der Waals surface area contributed by atoms with Crippen LogP contribution < -0.4 is 5.11 Å². The van der Waals surface area contributed by atoms with Gasteiger partial charge in [0.2, 0.25) is 0 Å². The van der Waals surface area contributed by atoms with Crippen molar-refractivity contribution in [2.45, 2.75) is 40.2 Å². The molecule has 0 amide bonds. The van der Waals surface area contributed by atoms with E-state index in [0.717, 1.165) is 36.3 Å². The molecule has 4 heteroatoms. The molecule has 0 unspecified atom stereocenters. The Kier molecular flexibility index (Phi) is 4.73. The number of hydrogen-bond acceptors (Lipinski definition) is 3. The van der Waals surface area contributed by atoms with Crippen molar-refractivity contribution in [3.05, 3.63) is 28.6 Å². The smallest absolute Gasteiger partial charge is 0.101 e. The van der Waals surface area contributed by atoms with Crippen molar-refractivity contribution >= 4 is 12.0 Å². The van der Waals surface area contributed by atoms with Crippen LogP contribution in [0.2, 0.25) is 0 Å². The number of rotatable bonds is 5. The maximum absolute atomic E-state index is 10.7. The molecule has 0 saturated carbocycles. The largest absolute Gasteiger partial charge is 0.544 e. The van der Waals surface area contributed by atoms with Gasteiger partial charge in [-0.1, -0.05) is 13.3 Å². The Balaban J connectivity index is 3.13. The van der Waals surface area contributed by atoms with E-state index in [1.54, 1.807) is 6.07 Å². The molecule has 1 heterocycles. The van der Waals surface area contributed by atoms with Crippen LogP contribution in [0, 0.1) is 25.2 Å². The molecule has 96 valence electrons. The van der Waals surface area contributed by atoms with Gasteiger partial charge in [0.15, 0.2) is 0 Å². The second-order valence-electron chi connectivity index (χ2n) is 4.29. The van der Waals surface area contributed by atoms with Gasteiger partial charge in [0.1, 0.15) is 6.07 Å². The minimum absolute atomic E-state index is 0.342. The fourth-order valence-corrected chi connectivity index (χ4v) is 1.93. The highest BCUT2D eigenvalue weighted by atomic mass is 16.4. The fourth-order valence-electron chi connectivity index (χ4n) is 1.93. The molecule has 0 atom stereocenters. The second-order valence-corrected chi connectivity index (χ2v) is 4.29. The van der Waals surface area contributed by atoms with E-state index < -0.39 is 5.97 Å². The Morgan fingerprint density at radius 3 is 2.72 bits per heavy atom. The van der Waals surface area contributed by atoms with Gasteiger partial charge in [0, 0.05) is 17.9 Å². The minimum Gasteiger partial charge on any atom is -0.544 e. The molecule has 0 aromatic carbocycles. The fraction of sp³-hybridized carbons (Fsp3) is 0.429. The predicted octanol–water partition coefficient (Wildman–Crippen LogP) is 1.56. The van der Waals surface area contributed by atoms with Crippen molar-refractivity contribution in [2.24, 2.45) is 0 Å². The van der Waals surface area contributed by atoms with E-state index in [1.165, 1.54) is 6.08 Å². The summed E-state index contributed by atoms with van der Waals surface area (Å²) in [5, 5.41) is 19.4. The van der Waals surface area contributed by atoms with Crippen LogP contribution in [0.3, 0.4) is 0 Å². The highest BCUT2D eigenvalue weighted by Gasteiger charge is 2.08. The number of nitrogens with zero attached hydrogens (tertiary/aromatic N) is 2. The summed E-state index contributed by atoms with van der Waals surface area (Å²) in [6.45, 7) is 6.94. The Labute approximate surface area is 107 Å². The molecule has 0 bridgehead atoms. The van der Waals surface area contributed by atoms with E-state index in [1.807, 2.05) is 19.9 Å². The van der Waals surface area contributed by atoms with E-state index in [0.29, 0.717) is 0 Å². The number of aromatic nitrogens is 1. The summed E-state index contributed by atoms with van der Waals surface area (Å²) < 4.78 is 2.14. The number of unbranched alkanes of at least 4 members (excludes halogenated alkanes) is 1. The Morgan fingerprint density at radius 2 is 2.22 bits per heavy atom. The normalized spacial score (nSPS) is 11.3. The summed E-state index contributed by atoms with van der Waals surface area (Å²) >= 11 is 0. The lowest BCUT2D eigenvalue weighted by Crippen LogP contribution is -2.23. The average Bonchev–Trinajstić information content (AvgIpc) is 2.59. The lowest BCUT2D eigenvalue weighted by molar-refractivity contribution is -0.298. The summed E-state index contributed by atoms with van der Waals surface area (Å²) in [7, 11) is 0. The summed E-state index contributed by atoms with van der Waals surface area (Å²) in [5.74, 6) is -1.43. The molecular formula is C14H17N2O2-.